The average molecular weight is 333 g/mol. The van der Waals surface area contributed by atoms with Gasteiger partial charge < -0.3 is 10.6 Å². The van der Waals surface area contributed by atoms with Crippen LogP contribution in [-0.4, -0.2) is 44.6 Å². The van der Waals surface area contributed by atoms with Gasteiger partial charge in [0.2, 0.25) is 20.1 Å². The summed E-state index contributed by atoms with van der Waals surface area (Å²) in [5.74, 6) is -0.835. The Labute approximate surface area is 128 Å². The summed E-state index contributed by atoms with van der Waals surface area (Å²) >= 11 is 0.786. The molecule has 0 saturated carbocycles. The molecule has 1 aromatic rings. The first kappa shape index (κ1) is 17.6. The van der Waals surface area contributed by atoms with E-state index >= 15 is 0 Å². The molecule has 0 radical (unpaired) electrons. The molecule has 0 aliphatic heterocycles. The zero-order chi connectivity index (χ0) is 16.2. The van der Waals surface area contributed by atoms with Crippen molar-refractivity contribution >= 4 is 33.0 Å². The number of hydrogen-bond donors (Lipinski definition) is 2. The van der Waals surface area contributed by atoms with E-state index in [1.165, 1.54) is 13.2 Å². The normalized spacial score (nSPS) is 14.3. The highest BCUT2D eigenvalue weighted by atomic mass is 32.2. The summed E-state index contributed by atoms with van der Waals surface area (Å²) in [6.45, 7) is 3.77. The van der Waals surface area contributed by atoms with Crippen LogP contribution < -0.4 is 10.6 Å². The van der Waals surface area contributed by atoms with E-state index < -0.39 is 21.8 Å². The summed E-state index contributed by atoms with van der Waals surface area (Å²) in [4.78, 5) is 27.8. The third-order valence-electron chi connectivity index (χ3n) is 3.05. The van der Waals surface area contributed by atoms with Gasteiger partial charge in [-0.05, 0) is 5.92 Å². The molecule has 21 heavy (non-hydrogen) atoms. The Morgan fingerprint density at radius 2 is 2.05 bits per heavy atom. The van der Waals surface area contributed by atoms with Gasteiger partial charge in [0.25, 0.3) is 5.91 Å². The van der Waals surface area contributed by atoms with Crippen LogP contribution in [0.3, 0.4) is 0 Å². The Bertz CT molecular complexity index is 624. The van der Waals surface area contributed by atoms with Crippen molar-refractivity contribution in [3.63, 3.8) is 0 Å². The number of amides is 2. The maximum atomic E-state index is 12.1. The molecule has 118 valence electrons. The molecule has 0 bridgehead atoms. The lowest BCUT2D eigenvalue weighted by Gasteiger charge is -2.22. The predicted molar refractivity (Wildman–Crippen MR) is 80.0 cm³/mol. The van der Waals surface area contributed by atoms with E-state index in [-0.39, 0.29) is 21.0 Å². The predicted octanol–water partition coefficient (Wildman–Crippen LogP) is 0.437. The van der Waals surface area contributed by atoms with E-state index in [1.54, 1.807) is 0 Å². The van der Waals surface area contributed by atoms with Crippen LogP contribution >= 0.6 is 11.3 Å². The fraction of sp³-hybridized carbons (Fsp3) is 0.583. The molecular formula is C12H19N3O4S2. The first-order valence-electron chi connectivity index (χ1n) is 6.39. The van der Waals surface area contributed by atoms with Crippen LogP contribution in [-0.2, 0) is 14.6 Å². The van der Waals surface area contributed by atoms with Crippen LogP contribution in [0.2, 0.25) is 0 Å². The first-order chi connectivity index (χ1) is 9.70. The molecule has 0 fully saturated rings. The lowest BCUT2D eigenvalue weighted by Crippen LogP contribution is -2.49. The first-order valence-corrected chi connectivity index (χ1v) is 9.09. The van der Waals surface area contributed by atoms with Crippen LogP contribution in [0, 0.1) is 5.92 Å². The number of aromatic nitrogens is 1. The molecule has 0 aliphatic carbocycles. The smallest absolute Gasteiger partial charge is 0.263 e. The molecule has 0 aromatic carbocycles. The van der Waals surface area contributed by atoms with Crippen LogP contribution in [0.25, 0.3) is 0 Å². The number of sulfone groups is 1. The Hall–Kier alpha value is -1.48. The third-order valence-corrected chi connectivity index (χ3v) is 5.74. The standard InChI is InChI=1S/C12H19N3O4S2/c1-5-7(2)9(11(17)13-3)15-10(16)8-6-14-12(20-8)21(4,18)19/h6-7,9H,5H2,1-4H3,(H,13,17)(H,15,16)/t7-,9-/m0/s1. The van der Waals surface area contributed by atoms with E-state index in [9.17, 15) is 18.0 Å². The highest BCUT2D eigenvalue weighted by Gasteiger charge is 2.26. The summed E-state index contributed by atoms with van der Waals surface area (Å²) in [6.07, 6.45) is 2.95. The van der Waals surface area contributed by atoms with Gasteiger partial charge in [-0.15, -0.1) is 0 Å². The van der Waals surface area contributed by atoms with Gasteiger partial charge in [0.05, 0.1) is 6.20 Å². The summed E-state index contributed by atoms with van der Waals surface area (Å²) in [5.41, 5.74) is 0. The Balaban J connectivity index is 2.92. The van der Waals surface area contributed by atoms with Crippen molar-refractivity contribution in [2.75, 3.05) is 13.3 Å². The average Bonchev–Trinajstić information content (AvgIpc) is 2.92. The molecule has 1 aromatic heterocycles. The molecule has 0 unspecified atom stereocenters. The maximum absolute atomic E-state index is 12.1. The van der Waals surface area contributed by atoms with E-state index in [1.807, 2.05) is 13.8 Å². The molecule has 9 heteroatoms. The molecule has 2 N–H and O–H groups in total. The van der Waals surface area contributed by atoms with Crippen LogP contribution in [0.1, 0.15) is 29.9 Å². The van der Waals surface area contributed by atoms with E-state index in [0.717, 1.165) is 24.0 Å². The number of likely N-dealkylation sites (N-methyl/N-ethyl adjacent to an activating group) is 1. The van der Waals surface area contributed by atoms with Crippen LogP contribution in [0.5, 0.6) is 0 Å². The van der Waals surface area contributed by atoms with Crippen molar-refractivity contribution in [1.29, 1.82) is 0 Å². The second-order valence-corrected chi connectivity index (χ2v) is 7.93. The fourth-order valence-electron chi connectivity index (χ4n) is 1.60. The molecule has 2 atom stereocenters. The van der Waals surface area contributed by atoms with E-state index in [0.29, 0.717) is 0 Å². The van der Waals surface area contributed by atoms with Crippen LogP contribution in [0.4, 0.5) is 0 Å². The molecule has 0 saturated heterocycles. The minimum atomic E-state index is -3.44. The Morgan fingerprint density at radius 1 is 1.43 bits per heavy atom. The van der Waals surface area contributed by atoms with Gasteiger partial charge in [-0.25, -0.2) is 13.4 Å². The fourth-order valence-corrected chi connectivity index (χ4v) is 3.27. The summed E-state index contributed by atoms with van der Waals surface area (Å²) in [7, 11) is -1.94. The highest BCUT2D eigenvalue weighted by Crippen LogP contribution is 2.18. The van der Waals surface area contributed by atoms with Gasteiger partial charge in [-0.3, -0.25) is 9.59 Å². The summed E-state index contributed by atoms with van der Waals surface area (Å²) < 4.78 is 22.6. The number of carbonyl (C=O) groups excluding carboxylic acids is 2. The van der Waals surface area contributed by atoms with Crippen molar-refractivity contribution in [1.82, 2.24) is 15.6 Å². The van der Waals surface area contributed by atoms with Gasteiger partial charge in [0, 0.05) is 13.3 Å². The largest absolute Gasteiger partial charge is 0.357 e. The lowest BCUT2D eigenvalue weighted by atomic mass is 9.98. The van der Waals surface area contributed by atoms with Gasteiger partial charge >= 0.3 is 0 Å². The molecule has 7 nitrogen and oxygen atoms in total. The van der Waals surface area contributed by atoms with Crippen molar-refractivity contribution in [3.05, 3.63) is 11.1 Å². The minimum absolute atomic E-state index is 0.0452. The third kappa shape index (κ3) is 4.50. The van der Waals surface area contributed by atoms with E-state index in [2.05, 4.69) is 15.6 Å². The number of thiazole rings is 1. The molecule has 2 amide bonds. The SMILES string of the molecule is CC[C@H](C)[C@H](NC(=O)c1cnc(S(C)(=O)=O)s1)C(=O)NC. The molecule has 0 aliphatic rings. The topological polar surface area (TPSA) is 105 Å². The minimum Gasteiger partial charge on any atom is -0.357 e. The lowest BCUT2D eigenvalue weighted by molar-refractivity contribution is -0.123. The van der Waals surface area contributed by atoms with Gasteiger partial charge in [-0.1, -0.05) is 31.6 Å². The van der Waals surface area contributed by atoms with Gasteiger partial charge in [0.1, 0.15) is 10.9 Å². The number of rotatable bonds is 6. The summed E-state index contributed by atoms with van der Waals surface area (Å²) in [5, 5.41) is 5.13. The number of nitrogens with zero attached hydrogens (tertiary/aromatic N) is 1. The second kappa shape index (κ2) is 6.99. The highest BCUT2D eigenvalue weighted by molar-refractivity contribution is 7.92. The number of carbonyl (C=O) groups is 2. The maximum Gasteiger partial charge on any atom is 0.263 e. The van der Waals surface area contributed by atoms with Crippen molar-refractivity contribution in [2.24, 2.45) is 5.92 Å². The van der Waals surface area contributed by atoms with Gasteiger partial charge in [0.15, 0.2) is 0 Å². The quantitative estimate of drug-likeness (QED) is 0.786. The van der Waals surface area contributed by atoms with E-state index in [4.69, 9.17) is 0 Å². The molecule has 0 spiro atoms. The number of hydrogen-bond acceptors (Lipinski definition) is 6. The number of nitrogens with one attached hydrogen (secondary N) is 2. The Kier molecular flexibility index (Phi) is 5.85. The monoisotopic (exact) mass is 333 g/mol. The Morgan fingerprint density at radius 3 is 2.48 bits per heavy atom. The summed E-state index contributed by atoms with van der Waals surface area (Å²) in [6, 6.07) is -0.670. The second-order valence-electron chi connectivity index (χ2n) is 4.71. The van der Waals surface area contributed by atoms with Crippen LogP contribution in [0.15, 0.2) is 10.5 Å². The van der Waals surface area contributed by atoms with Crippen molar-refractivity contribution in [2.45, 2.75) is 30.6 Å². The molecule has 1 heterocycles. The molecule has 1 rings (SSSR count). The van der Waals surface area contributed by atoms with Crippen molar-refractivity contribution in [3.8, 4) is 0 Å². The van der Waals surface area contributed by atoms with Gasteiger partial charge in [-0.2, -0.15) is 0 Å². The zero-order valence-corrected chi connectivity index (χ0v) is 14.0. The zero-order valence-electron chi connectivity index (χ0n) is 12.3. The van der Waals surface area contributed by atoms with Crippen molar-refractivity contribution < 1.29 is 18.0 Å². The molecular weight excluding hydrogens is 314 g/mol.